The quantitative estimate of drug-likeness (QED) is 0.691. The Morgan fingerprint density at radius 1 is 1.23 bits per heavy atom. The molecule has 13 heavy (non-hydrogen) atoms. The van der Waals surface area contributed by atoms with Crippen LogP contribution in [0.2, 0.25) is 0 Å². The third-order valence-electron chi connectivity index (χ3n) is 3.60. The summed E-state index contributed by atoms with van der Waals surface area (Å²) in [4.78, 5) is 3.59. The lowest BCUT2D eigenvalue weighted by molar-refractivity contribution is 0.143. The van der Waals surface area contributed by atoms with Crippen molar-refractivity contribution in [2.75, 3.05) is 6.54 Å². The van der Waals surface area contributed by atoms with E-state index in [9.17, 15) is 0 Å². The Hall–Kier alpha value is 0.440. The second kappa shape index (κ2) is 4.31. The number of unbranched alkanes of at least 4 members (excludes halogenated alkanes) is 1. The molecule has 0 aromatic heterocycles. The highest BCUT2D eigenvalue weighted by molar-refractivity contribution is 9.09. The van der Waals surface area contributed by atoms with Crippen LogP contribution in [0.3, 0.4) is 0 Å². The number of nitrogens with zero attached hydrogens (tertiary/aromatic N) is 1. The third kappa shape index (κ3) is 2.10. The molecule has 0 aromatic carbocycles. The van der Waals surface area contributed by atoms with E-state index in [2.05, 4.69) is 27.8 Å². The number of hydrogen-bond acceptors (Lipinski definition) is 1. The predicted molar refractivity (Wildman–Crippen MR) is 60.4 cm³/mol. The lowest BCUT2D eigenvalue weighted by Crippen LogP contribution is -2.43. The maximum Gasteiger partial charge on any atom is 0.0175 e. The summed E-state index contributed by atoms with van der Waals surface area (Å²) in [6.07, 6.45) is 8.42. The minimum Gasteiger partial charge on any atom is -0.297 e. The number of hydrogen-bond donors (Lipinski definition) is 0. The molecule has 0 aromatic rings. The van der Waals surface area contributed by atoms with Gasteiger partial charge in [-0.3, -0.25) is 4.90 Å². The van der Waals surface area contributed by atoms with E-state index in [1.807, 2.05) is 0 Å². The molecule has 2 unspecified atom stereocenters. The summed E-state index contributed by atoms with van der Waals surface area (Å²) in [5, 5.41) is 0. The van der Waals surface area contributed by atoms with Gasteiger partial charge in [-0.15, -0.1) is 0 Å². The fourth-order valence-electron chi connectivity index (χ4n) is 2.91. The highest BCUT2D eigenvalue weighted by Gasteiger charge is 2.39. The van der Waals surface area contributed by atoms with E-state index in [0.717, 1.165) is 16.9 Å². The molecule has 2 heteroatoms. The van der Waals surface area contributed by atoms with Crippen LogP contribution in [0.25, 0.3) is 0 Å². The van der Waals surface area contributed by atoms with E-state index in [1.54, 1.807) is 0 Å². The molecule has 0 amide bonds. The van der Waals surface area contributed by atoms with E-state index in [-0.39, 0.29) is 0 Å². The van der Waals surface area contributed by atoms with Gasteiger partial charge in [-0.2, -0.15) is 0 Å². The first kappa shape index (κ1) is 9.97. The average molecular weight is 246 g/mol. The van der Waals surface area contributed by atoms with Gasteiger partial charge < -0.3 is 0 Å². The Labute approximate surface area is 90.0 Å². The first-order chi connectivity index (χ1) is 6.31. The van der Waals surface area contributed by atoms with Crippen LogP contribution in [0, 0.1) is 0 Å². The Morgan fingerprint density at radius 3 is 2.38 bits per heavy atom. The molecule has 2 rings (SSSR count). The summed E-state index contributed by atoms with van der Waals surface area (Å²) in [7, 11) is 0. The number of alkyl halides is 1. The van der Waals surface area contributed by atoms with E-state index in [0.29, 0.717) is 0 Å². The molecule has 76 valence electrons. The number of halogens is 1. The van der Waals surface area contributed by atoms with Crippen LogP contribution in [0.1, 0.15) is 45.4 Å². The summed E-state index contributed by atoms with van der Waals surface area (Å²) in [6, 6.07) is 1.82. The van der Waals surface area contributed by atoms with Crippen LogP contribution in [0.4, 0.5) is 0 Å². The minimum absolute atomic E-state index is 0.808. The molecule has 0 aliphatic carbocycles. The van der Waals surface area contributed by atoms with Crippen LogP contribution in [-0.2, 0) is 0 Å². The van der Waals surface area contributed by atoms with Gasteiger partial charge in [0.1, 0.15) is 0 Å². The van der Waals surface area contributed by atoms with Gasteiger partial charge in [-0.1, -0.05) is 29.3 Å². The summed E-state index contributed by atoms with van der Waals surface area (Å²) in [6.45, 7) is 3.64. The molecule has 2 saturated heterocycles. The van der Waals surface area contributed by atoms with E-state index >= 15 is 0 Å². The van der Waals surface area contributed by atoms with Gasteiger partial charge in [0.05, 0.1) is 0 Å². The highest BCUT2D eigenvalue weighted by atomic mass is 79.9. The van der Waals surface area contributed by atoms with E-state index in [4.69, 9.17) is 0 Å². The van der Waals surface area contributed by atoms with Gasteiger partial charge in [0.15, 0.2) is 0 Å². The lowest BCUT2D eigenvalue weighted by atomic mass is 10.0. The highest BCUT2D eigenvalue weighted by Crippen LogP contribution is 2.38. The summed E-state index contributed by atoms with van der Waals surface area (Å²) in [5.41, 5.74) is 0. The van der Waals surface area contributed by atoms with Crippen molar-refractivity contribution in [3.05, 3.63) is 0 Å². The maximum absolute atomic E-state index is 3.78. The molecule has 2 fully saturated rings. The predicted octanol–water partition coefficient (Wildman–Crippen LogP) is 3.18. The topological polar surface area (TPSA) is 3.24 Å². The molecule has 2 aliphatic heterocycles. The summed E-state index contributed by atoms with van der Waals surface area (Å²) in [5.74, 6) is 0. The molecule has 2 heterocycles. The molecular formula is C11H20BrN. The standard InChI is InChI=1S/C11H20BrN/c1-2-3-6-13-10-4-5-11(13)8-9(12)7-10/h9-11H,2-8H2,1H3. The zero-order valence-electron chi connectivity index (χ0n) is 8.51. The molecule has 0 N–H and O–H groups in total. The molecule has 2 bridgehead atoms. The van der Waals surface area contributed by atoms with Crippen LogP contribution >= 0.6 is 15.9 Å². The number of rotatable bonds is 3. The molecule has 2 atom stereocenters. The van der Waals surface area contributed by atoms with Crippen LogP contribution in [-0.4, -0.2) is 28.4 Å². The summed E-state index contributed by atoms with van der Waals surface area (Å²) >= 11 is 3.78. The van der Waals surface area contributed by atoms with E-state index < -0.39 is 0 Å². The molecule has 0 saturated carbocycles. The molecular weight excluding hydrogens is 226 g/mol. The van der Waals surface area contributed by atoms with Crippen molar-refractivity contribution < 1.29 is 0 Å². The fourth-order valence-corrected chi connectivity index (χ4v) is 3.78. The van der Waals surface area contributed by atoms with Gasteiger partial charge in [0, 0.05) is 16.9 Å². The fraction of sp³-hybridized carbons (Fsp3) is 1.00. The normalized spacial score (nSPS) is 39.7. The Bertz CT molecular complexity index is 157. The lowest BCUT2D eigenvalue weighted by Gasteiger charge is -2.37. The van der Waals surface area contributed by atoms with Gasteiger partial charge in [-0.05, 0) is 38.6 Å². The largest absolute Gasteiger partial charge is 0.297 e. The van der Waals surface area contributed by atoms with Crippen LogP contribution in [0.5, 0.6) is 0 Å². The number of fused-ring (bicyclic) bond motifs is 2. The Kier molecular flexibility index (Phi) is 3.31. The molecule has 2 aliphatic rings. The van der Waals surface area contributed by atoms with Crippen LogP contribution in [0.15, 0.2) is 0 Å². The van der Waals surface area contributed by atoms with Crippen molar-refractivity contribution in [3.8, 4) is 0 Å². The smallest absolute Gasteiger partial charge is 0.0175 e. The van der Waals surface area contributed by atoms with Crippen LogP contribution < -0.4 is 0 Å². The SMILES string of the molecule is CCCCN1C2CCC1CC(Br)C2. The molecule has 0 radical (unpaired) electrons. The monoisotopic (exact) mass is 245 g/mol. The second-order valence-corrected chi connectivity index (χ2v) is 5.84. The Balaban J connectivity index is 1.90. The third-order valence-corrected chi connectivity index (χ3v) is 4.34. The maximum atomic E-state index is 3.78. The average Bonchev–Trinajstić information content (AvgIpc) is 2.33. The zero-order chi connectivity index (χ0) is 9.26. The van der Waals surface area contributed by atoms with Gasteiger partial charge >= 0.3 is 0 Å². The summed E-state index contributed by atoms with van der Waals surface area (Å²) < 4.78 is 0. The molecule has 1 nitrogen and oxygen atoms in total. The van der Waals surface area contributed by atoms with Crippen molar-refractivity contribution in [2.45, 2.75) is 62.4 Å². The zero-order valence-corrected chi connectivity index (χ0v) is 10.1. The number of piperidine rings is 1. The van der Waals surface area contributed by atoms with Gasteiger partial charge in [0.25, 0.3) is 0 Å². The minimum atomic E-state index is 0.808. The van der Waals surface area contributed by atoms with Crippen molar-refractivity contribution in [3.63, 3.8) is 0 Å². The van der Waals surface area contributed by atoms with Gasteiger partial charge in [0.2, 0.25) is 0 Å². The first-order valence-corrected chi connectivity index (χ1v) is 6.62. The molecule has 0 spiro atoms. The van der Waals surface area contributed by atoms with Crippen molar-refractivity contribution in [1.82, 2.24) is 4.90 Å². The van der Waals surface area contributed by atoms with Crippen molar-refractivity contribution >= 4 is 15.9 Å². The van der Waals surface area contributed by atoms with E-state index in [1.165, 1.54) is 45.1 Å². The first-order valence-electron chi connectivity index (χ1n) is 5.71. The van der Waals surface area contributed by atoms with Crippen molar-refractivity contribution in [2.24, 2.45) is 0 Å². The van der Waals surface area contributed by atoms with Gasteiger partial charge in [-0.25, -0.2) is 0 Å². The Morgan fingerprint density at radius 2 is 1.85 bits per heavy atom. The second-order valence-electron chi connectivity index (χ2n) is 4.55. The van der Waals surface area contributed by atoms with Crippen molar-refractivity contribution in [1.29, 1.82) is 0 Å².